The predicted octanol–water partition coefficient (Wildman–Crippen LogP) is 2.39. The van der Waals surface area contributed by atoms with Gasteiger partial charge in [0.2, 0.25) is 0 Å². The van der Waals surface area contributed by atoms with Crippen LogP contribution in [0.1, 0.15) is 29.8 Å². The number of aromatic nitrogens is 1. The second-order valence-electron chi connectivity index (χ2n) is 4.79. The third-order valence-electron chi connectivity index (χ3n) is 3.38. The van der Waals surface area contributed by atoms with Crippen LogP contribution in [-0.2, 0) is 4.74 Å². The molecule has 1 fully saturated rings. The first-order valence-corrected chi connectivity index (χ1v) is 6.83. The van der Waals surface area contributed by atoms with Crippen LogP contribution in [-0.4, -0.2) is 31.2 Å². The normalized spacial score (nSPS) is 16.3. The van der Waals surface area contributed by atoms with Crippen molar-refractivity contribution >= 4 is 21.8 Å². The highest BCUT2D eigenvalue weighted by Gasteiger charge is 2.42. The maximum Gasteiger partial charge on any atom is 0.269 e. The molecule has 5 heteroatoms. The summed E-state index contributed by atoms with van der Waals surface area (Å²) in [5.41, 5.74) is 0.724. The molecule has 0 saturated heterocycles. The Labute approximate surface area is 115 Å². The van der Waals surface area contributed by atoms with Crippen LogP contribution in [0.5, 0.6) is 0 Å². The van der Waals surface area contributed by atoms with Gasteiger partial charge in [0, 0.05) is 30.9 Å². The number of carbonyl (C=O) groups is 1. The number of amides is 1. The smallest absolute Gasteiger partial charge is 0.269 e. The van der Waals surface area contributed by atoms with Crippen molar-refractivity contribution < 1.29 is 9.53 Å². The largest absolute Gasteiger partial charge is 0.385 e. The molecule has 1 N–H and O–H groups in total. The van der Waals surface area contributed by atoms with Crippen LogP contribution in [0.3, 0.4) is 0 Å². The molecular formula is C13H17BrN2O2. The van der Waals surface area contributed by atoms with Crippen molar-refractivity contribution in [1.29, 1.82) is 0 Å². The van der Waals surface area contributed by atoms with Crippen LogP contribution >= 0.6 is 15.9 Å². The summed E-state index contributed by atoms with van der Waals surface area (Å²) < 4.78 is 5.97. The summed E-state index contributed by atoms with van der Waals surface area (Å²) in [6.45, 7) is 1.47. The van der Waals surface area contributed by atoms with Gasteiger partial charge in [0.15, 0.2) is 0 Å². The molecule has 98 valence electrons. The summed E-state index contributed by atoms with van der Waals surface area (Å²) in [5, 5.41) is 2.96. The molecule has 0 aromatic carbocycles. The Kier molecular flexibility index (Phi) is 4.35. The molecule has 1 aromatic rings. The van der Waals surface area contributed by atoms with Crippen LogP contribution in [0.4, 0.5) is 0 Å². The summed E-state index contributed by atoms with van der Waals surface area (Å²) >= 11 is 3.30. The molecular weight excluding hydrogens is 296 g/mol. The molecule has 0 spiro atoms. The number of hydrogen-bond donors (Lipinski definition) is 1. The topological polar surface area (TPSA) is 51.2 Å². The summed E-state index contributed by atoms with van der Waals surface area (Å²) in [7, 11) is 1.71. The third kappa shape index (κ3) is 3.53. The van der Waals surface area contributed by atoms with E-state index < -0.39 is 0 Å². The van der Waals surface area contributed by atoms with Crippen molar-refractivity contribution in [1.82, 2.24) is 10.3 Å². The van der Waals surface area contributed by atoms with E-state index in [-0.39, 0.29) is 11.3 Å². The van der Waals surface area contributed by atoms with Crippen LogP contribution in [0.25, 0.3) is 0 Å². The summed E-state index contributed by atoms with van der Waals surface area (Å²) in [5.74, 6) is -0.105. The van der Waals surface area contributed by atoms with E-state index in [4.69, 9.17) is 4.74 Å². The quantitative estimate of drug-likeness (QED) is 0.877. The molecule has 1 aromatic heterocycles. The fourth-order valence-corrected chi connectivity index (χ4v) is 2.11. The molecule has 0 aliphatic heterocycles. The number of ether oxygens (including phenoxy) is 1. The van der Waals surface area contributed by atoms with E-state index in [1.807, 2.05) is 6.07 Å². The molecule has 1 aliphatic rings. The molecule has 0 radical (unpaired) electrons. The lowest BCUT2D eigenvalue weighted by molar-refractivity contribution is 0.0933. The Morgan fingerprint density at radius 2 is 2.33 bits per heavy atom. The zero-order valence-corrected chi connectivity index (χ0v) is 12.0. The van der Waals surface area contributed by atoms with Gasteiger partial charge in [-0.05, 0) is 52.7 Å². The van der Waals surface area contributed by atoms with Gasteiger partial charge < -0.3 is 10.1 Å². The molecule has 18 heavy (non-hydrogen) atoms. The number of halogens is 1. The number of nitrogens with zero attached hydrogens (tertiary/aromatic N) is 1. The van der Waals surface area contributed by atoms with E-state index in [9.17, 15) is 4.79 Å². The number of hydrogen-bond acceptors (Lipinski definition) is 3. The molecule has 1 aliphatic carbocycles. The average Bonchev–Trinajstić information content (AvgIpc) is 3.15. The summed E-state index contributed by atoms with van der Waals surface area (Å²) in [6, 6.07) is 3.54. The van der Waals surface area contributed by atoms with Crippen molar-refractivity contribution in [3.8, 4) is 0 Å². The van der Waals surface area contributed by atoms with Gasteiger partial charge in [0.05, 0.1) is 0 Å². The van der Waals surface area contributed by atoms with Crippen molar-refractivity contribution in [2.45, 2.75) is 19.3 Å². The van der Waals surface area contributed by atoms with Gasteiger partial charge in [-0.15, -0.1) is 0 Å². The highest BCUT2D eigenvalue weighted by Crippen LogP contribution is 2.48. The Morgan fingerprint density at radius 3 is 2.89 bits per heavy atom. The highest BCUT2D eigenvalue weighted by molar-refractivity contribution is 9.10. The number of methoxy groups -OCH3 is 1. The van der Waals surface area contributed by atoms with E-state index in [1.54, 1.807) is 19.4 Å². The van der Waals surface area contributed by atoms with Gasteiger partial charge in [-0.2, -0.15) is 0 Å². The molecule has 1 amide bonds. The van der Waals surface area contributed by atoms with Crippen molar-refractivity contribution in [3.63, 3.8) is 0 Å². The van der Waals surface area contributed by atoms with Gasteiger partial charge in [0.1, 0.15) is 5.69 Å². The lowest BCUT2D eigenvalue weighted by atomic mass is 10.0. The first-order valence-electron chi connectivity index (χ1n) is 6.04. The summed E-state index contributed by atoms with van der Waals surface area (Å²) in [4.78, 5) is 16.0. The monoisotopic (exact) mass is 312 g/mol. The lowest BCUT2D eigenvalue weighted by Gasteiger charge is -2.15. The first kappa shape index (κ1) is 13.5. The lowest BCUT2D eigenvalue weighted by Crippen LogP contribution is -2.31. The minimum atomic E-state index is -0.105. The Hall–Kier alpha value is -0.940. The van der Waals surface area contributed by atoms with E-state index in [0.717, 1.165) is 17.5 Å². The number of pyridine rings is 1. The second kappa shape index (κ2) is 5.80. The zero-order valence-electron chi connectivity index (χ0n) is 10.4. The maximum absolute atomic E-state index is 11.9. The van der Waals surface area contributed by atoms with Crippen LogP contribution in [0.15, 0.2) is 22.8 Å². The molecule has 0 bridgehead atoms. The average molecular weight is 313 g/mol. The van der Waals surface area contributed by atoms with E-state index in [2.05, 4.69) is 26.2 Å². The van der Waals surface area contributed by atoms with E-state index >= 15 is 0 Å². The minimum absolute atomic E-state index is 0.105. The predicted molar refractivity (Wildman–Crippen MR) is 72.4 cm³/mol. The van der Waals surface area contributed by atoms with Gasteiger partial charge in [-0.3, -0.25) is 4.79 Å². The standard InChI is InChI=1S/C13H17BrN2O2/c1-18-7-6-13(4-5-13)9-16-12(17)11-3-2-10(14)8-15-11/h2-3,8H,4-7,9H2,1H3,(H,16,17). The highest BCUT2D eigenvalue weighted by atomic mass is 79.9. The van der Waals surface area contributed by atoms with E-state index in [1.165, 1.54) is 12.8 Å². The minimum Gasteiger partial charge on any atom is -0.385 e. The fraction of sp³-hybridized carbons (Fsp3) is 0.538. The third-order valence-corrected chi connectivity index (χ3v) is 3.85. The number of nitrogens with one attached hydrogen (secondary N) is 1. The summed E-state index contributed by atoms with van der Waals surface area (Å²) in [6.07, 6.45) is 4.99. The second-order valence-corrected chi connectivity index (χ2v) is 5.70. The molecule has 1 saturated carbocycles. The molecule has 1 heterocycles. The Balaban J connectivity index is 1.83. The Bertz CT molecular complexity index is 416. The fourth-order valence-electron chi connectivity index (χ4n) is 1.88. The van der Waals surface area contributed by atoms with Gasteiger partial charge in [0.25, 0.3) is 5.91 Å². The number of carbonyl (C=O) groups excluding carboxylic acids is 1. The van der Waals surface area contributed by atoms with Crippen molar-refractivity contribution in [3.05, 3.63) is 28.5 Å². The van der Waals surface area contributed by atoms with Crippen LogP contribution in [0, 0.1) is 5.41 Å². The zero-order chi connectivity index (χ0) is 13.0. The van der Waals surface area contributed by atoms with Crippen molar-refractivity contribution in [2.75, 3.05) is 20.3 Å². The Morgan fingerprint density at radius 1 is 1.56 bits per heavy atom. The molecule has 0 unspecified atom stereocenters. The van der Waals surface area contributed by atoms with Gasteiger partial charge in [-0.1, -0.05) is 0 Å². The van der Waals surface area contributed by atoms with Crippen LogP contribution < -0.4 is 5.32 Å². The van der Waals surface area contributed by atoms with Gasteiger partial charge >= 0.3 is 0 Å². The molecule has 0 atom stereocenters. The first-order chi connectivity index (χ1) is 8.65. The van der Waals surface area contributed by atoms with Gasteiger partial charge in [-0.25, -0.2) is 4.98 Å². The maximum atomic E-state index is 11.9. The van der Waals surface area contributed by atoms with Crippen molar-refractivity contribution in [2.24, 2.45) is 5.41 Å². The van der Waals surface area contributed by atoms with Crippen LogP contribution in [0.2, 0.25) is 0 Å². The number of rotatable bonds is 6. The molecule has 2 rings (SSSR count). The van der Waals surface area contributed by atoms with E-state index in [0.29, 0.717) is 12.2 Å². The SMILES string of the molecule is COCCC1(CNC(=O)c2ccc(Br)cn2)CC1. The molecule has 4 nitrogen and oxygen atoms in total.